The van der Waals surface area contributed by atoms with Gasteiger partial charge in [-0.05, 0) is 0 Å². The van der Waals surface area contributed by atoms with Gasteiger partial charge in [0.05, 0.1) is 0 Å². The minimum Gasteiger partial charge on any atom is -0.303 e. The average molecular weight is 233 g/mol. The molecule has 1 aromatic heterocycles. The molecule has 0 unspecified atom stereocenters. The summed E-state index contributed by atoms with van der Waals surface area (Å²) in [4.78, 5) is 22.4. The molecule has 0 atom stereocenters. The van der Waals surface area contributed by atoms with Crippen LogP contribution in [0.1, 0.15) is 0 Å². The van der Waals surface area contributed by atoms with Gasteiger partial charge in [0.15, 0.2) is 0 Å². The minimum atomic E-state index is -0.276. The molecule has 0 saturated carbocycles. The predicted molar refractivity (Wildman–Crippen MR) is 49.7 cm³/mol. The summed E-state index contributed by atoms with van der Waals surface area (Å²) in [5.41, 5.74) is -0.528. The average Bonchev–Trinajstić information content (AvgIpc) is 2.06. The van der Waals surface area contributed by atoms with Gasteiger partial charge in [0.2, 0.25) is 0 Å². The van der Waals surface area contributed by atoms with E-state index in [4.69, 9.17) is 0 Å². The summed E-state index contributed by atoms with van der Waals surface area (Å²) in [5.74, 6) is 0. The Morgan fingerprint density at radius 1 is 1.50 bits per heavy atom. The molecule has 1 heterocycles. The Bertz CT molecular complexity index is 380. The van der Waals surface area contributed by atoms with Crippen LogP contribution in [-0.2, 0) is 13.6 Å². The first-order chi connectivity index (χ1) is 5.66. The Morgan fingerprint density at radius 3 is 2.75 bits per heavy atom. The second-order valence-corrected chi connectivity index (χ2v) is 3.18. The number of aromatic nitrogens is 2. The Morgan fingerprint density at radius 2 is 2.17 bits per heavy atom. The highest BCUT2D eigenvalue weighted by atomic mass is 79.9. The molecule has 0 aliphatic carbocycles. The highest BCUT2D eigenvalue weighted by Crippen LogP contribution is 1.81. The molecule has 4 nitrogen and oxygen atoms in total. The number of hydrogen-bond acceptors (Lipinski definition) is 2. The number of halogens is 1. The Hall–Kier alpha value is -0.840. The van der Waals surface area contributed by atoms with Crippen LogP contribution in [0.25, 0.3) is 0 Å². The third-order valence-corrected chi connectivity index (χ3v) is 1.90. The number of nitrogens with zero attached hydrogens (tertiary/aromatic N) is 2. The van der Waals surface area contributed by atoms with E-state index in [2.05, 4.69) is 15.9 Å². The molecule has 1 rings (SSSR count). The lowest BCUT2D eigenvalue weighted by atomic mass is 10.6. The zero-order chi connectivity index (χ0) is 9.14. The van der Waals surface area contributed by atoms with Crippen molar-refractivity contribution in [1.82, 2.24) is 9.13 Å². The molecular weight excluding hydrogens is 224 g/mol. The van der Waals surface area contributed by atoms with Crippen LogP contribution in [0.4, 0.5) is 0 Å². The van der Waals surface area contributed by atoms with E-state index in [0.717, 1.165) is 0 Å². The van der Waals surface area contributed by atoms with Crippen LogP contribution >= 0.6 is 15.9 Å². The zero-order valence-corrected chi connectivity index (χ0v) is 8.24. The van der Waals surface area contributed by atoms with Gasteiger partial charge in [-0.2, -0.15) is 0 Å². The first-order valence-electron chi connectivity index (χ1n) is 3.49. The van der Waals surface area contributed by atoms with Crippen LogP contribution in [0.3, 0.4) is 0 Å². The number of hydrogen-bond donors (Lipinski definition) is 0. The lowest BCUT2D eigenvalue weighted by molar-refractivity contribution is 0.628. The molecule has 0 spiro atoms. The van der Waals surface area contributed by atoms with Crippen LogP contribution in [-0.4, -0.2) is 14.5 Å². The second-order valence-electron chi connectivity index (χ2n) is 2.39. The van der Waals surface area contributed by atoms with E-state index in [0.29, 0.717) is 11.9 Å². The summed E-state index contributed by atoms with van der Waals surface area (Å²) >= 11 is 3.17. The summed E-state index contributed by atoms with van der Waals surface area (Å²) in [6, 6.07) is 1.38. The van der Waals surface area contributed by atoms with Gasteiger partial charge in [-0.25, -0.2) is 4.79 Å². The second kappa shape index (κ2) is 3.71. The smallest absolute Gasteiger partial charge is 0.303 e. The quantitative estimate of drug-likeness (QED) is 0.672. The number of aryl methyl sites for hydroxylation is 1. The molecule has 0 N–H and O–H groups in total. The van der Waals surface area contributed by atoms with Gasteiger partial charge in [-0.1, -0.05) is 15.9 Å². The lowest BCUT2D eigenvalue weighted by Gasteiger charge is -2.02. The van der Waals surface area contributed by atoms with Crippen LogP contribution in [0.5, 0.6) is 0 Å². The van der Waals surface area contributed by atoms with Crippen molar-refractivity contribution in [3.8, 4) is 0 Å². The highest BCUT2D eigenvalue weighted by molar-refractivity contribution is 9.09. The van der Waals surface area contributed by atoms with E-state index < -0.39 is 0 Å². The molecule has 0 aromatic carbocycles. The van der Waals surface area contributed by atoms with E-state index >= 15 is 0 Å². The standard InChI is InChI=1S/C7H9BrN2O2/c1-9-4-2-6(11)10(5-3-8)7(9)12/h2,4H,3,5H2,1H3. The Kier molecular flexibility index (Phi) is 2.86. The zero-order valence-electron chi connectivity index (χ0n) is 6.66. The van der Waals surface area contributed by atoms with Crippen molar-refractivity contribution in [3.63, 3.8) is 0 Å². The van der Waals surface area contributed by atoms with Crippen LogP contribution < -0.4 is 11.2 Å². The molecule has 0 aliphatic heterocycles. The molecule has 1 aromatic rings. The van der Waals surface area contributed by atoms with Crippen molar-refractivity contribution in [3.05, 3.63) is 33.1 Å². The topological polar surface area (TPSA) is 44.0 Å². The summed E-state index contributed by atoms with van der Waals surface area (Å²) in [7, 11) is 1.62. The first kappa shape index (κ1) is 9.25. The summed E-state index contributed by atoms with van der Waals surface area (Å²) < 4.78 is 2.57. The molecule has 5 heteroatoms. The summed E-state index contributed by atoms with van der Waals surface area (Å²) in [6.45, 7) is 0.409. The number of rotatable bonds is 2. The van der Waals surface area contributed by atoms with Crippen molar-refractivity contribution in [2.24, 2.45) is 7.05 Å². The molecule has 12 heavy (non-hydrogen) atoms. The highest BCUT2D eigenvalue weighted by Gasteiger charge is 1.99. The fourth-order valence-corrected chi connectivity index (χ4v) is 1.26. The van der Waals surface area contributed by atoms with E-state index in [-0.39, 0.29) is 11.2 Å². The van der Waals surface area contributed by atoms with Crippen LogP contribution in [0, 0.1) is 0 Å². The van der Waals surface area contributed by atoms with Crippen molar-refractivity contribution in [2.75, 3.05) is 5.33 Å². The van der Waals surface area contributed by atoms with E-state index in [1.54, 1.807) is 7.05 Å². The summed E-state index contributed by atoms with van der Waals surface area (Å²) in [5, 5.41) is 0.603. The molecule has 0 fully saturated rings. The molecule has 0 amide bonds. The Balaban J connectivity index is 3.34. The SMILES string of the molecule is Cn1ccc(=O)n(CCBr)c1=O. The minimum absolute atomic E-state index is 0.252. The van der Waals surface area contributed by atoms with Gasteiger partial charge in [-0.15, -0.1) is 0 Å². The van der Waals surface area contributed by atoms with Crippen molar-refractivity contribution >= 4 is 15.9 Å². The van der Waals surface area contributed by atoms with Gasteiger partial charge in [0.1, 0.15) is 0 Å². The van der Waals surface area contributed by atoms with E-state index in [1.807, 2.05) is 0 Å². The van der Waals surface area contributed by atoms with Gasteiger partial charge >= 0.3 is 5.69 Å². The lowest BCUT2D eigenvalue weighted by Crippen LogP contribution is -2.38. The maximum atomic E-state index is 11.3. The fraction of sp³-hybridized carbons (Fsp3) is 0.429. The van der Waals surface area contributed by atoms with Crippen molar-refractivity contribution in [2.45, 2.75) is 6.54 Å². The molecule has 0 bridgehead atoms. The predicted octanol–water partition coefficient (Wildman–Crippen LogP) is -0.0581. The third kappa shape index (κ3) is 1.66. The van der Waals surface area contributed by atoms with Gasteiger partial charge in [0, 0.05) is 31.2 Å². The Labute approximate surface area is 77.6 Å². The van der Waals surface area contributed by atoms with Gasteiger partial charge < -0.3 is 4.57 Å². The van der Waals surface area contributed by atoms with Crippen LogP contribution in [0.15, 0.2) is 21.9 Å². The van der Waals surface area contributed by atoms with E-state index in [1.165, 1.54) is 21.4 Å². The van der Waals surface area contributed by atoms with Crippen LogP contribution in [0.2, 0.25) is 0 Å². The first-order valence-corrected chi connectivity index (χ1v) is 4.61. The molecule has 66 valence electrons. The molecule has 0 aliphatic rings. The fourth-order valence-electron chi connectivity index (χ4n) is 0.904. The van der Waals surface area contributed by atoms with Crippen molar-refractivity contribution in [1.29, 1.82) is 0 Å². The van der Waals surface area contributed by atoms with Gasteiger partial charge in [0.25, 0.3) is 5.56 Å². The number of alkyl halides is 1. The third-order valence-electron chi connectivity index (χ3n) is 1.55. The summed E-state index contributed by atoms with van der Waals surface area (Å²) in [6.07, 6.45) is 1.47. The normalized spacial score (nSPS) is 10.2. The molecular formula is C7H9BrN2O2. The monoisotopic (exact) mass is 232 g/mol. The molecule has 0 radical (unpaired) electrons. The maximum absolute atomic E-state index is 11.3. The van der Waals surface area contributed by atoms with E-state index in [9.17, 15) is 9.59 Å². The maximum Gasteiger partial charge on any atom is 0.330 e. The molecule has 0 saturated heterocycles. The largest absolute Gasteiger partial charge is 0.330 e. The van der Waals surface area contributed by atoms with Gasteiger partial charge in [-0.3, -0.25) is 9.36 Å². The van der Waals surface area contributed by atoms with Crippen molar-refractivity contribution < 1.29 is 0 Å².